The molecule has 0 saturated heterocycles. The summed E-state index contributed by atoms with van der Waals surface area (Å²) < 4.78 is 5.54. The van der Waals surface area contributed by atoms with Gasteiger partial charge in [-0.1, -0.05) is 39.5 Å². The lowest BCUT2D eigenvalue weighted by Crippen LogP contribution is -2.07. The highest BCUT2D eigenvalue weighted by atomic mass is 28.2. The molecule has 0 radical (unpaired) electrons. The van der Waals surface area contributed by atoms with Gasteiger partial charge >= 0.3 is 0 Å². The number of hydrogen-bond donors (Lipinski definition) is 0. The van der Waals surface area contributed by atoms with Crippen molar-refractivity contribution < 1.29 is 4.43 Å². The molecule has 0 spiro atoms. The fourth-order valence-corrected chi connectivity index (χ4v) is 3.13. The lowest BCUT2D eigenvalue weighted by molar-refractivity contribution is 0.347. The second kappa shape index (κ2) is 8.28. The lowest BCUT2D eigenvalue weighted by atomic mass is 10.1. The van der Waals surface area contributed by atoms with Gasteiger partial charge < -0.3 is 4.43 Å². The van der Waals surface area contributed by atoms with E-state index in [0.29, 0.717) is 0 Å². The van der Waals surface area contributed by atoms with Crippen LogP contribution in [0.5, 0.6) is 0 Å². The highest BCUT2D eigenvalue weighted by molar-refractivity contribution is 6.29. The highest BCUT2D eigenvalue weighted by Crippen LogP contribution is 2.18. The van der Waals surface area contributed by atoms with Crippen molar-refractivity contribution in [3.8, 4) is 0 Å². The monoisotopic (exact) mass is 174 g/mol. The van der Waals surface area contributed by atoms with E-state index in [0.717, 1.165) is 12.1 Å². The molecule has 0 fully saturated rings. The average Bonchev–Trinajstić information content (AvgIpc) is 2.01. The summed E-state index contributed by atoms with van der Waals surface area (Å²) >= 11 is 0. The van der Waals surface area contributed by atoms with Crippen molar-refractivity contribution in [1.29, 1.82) is 0 Å². The van der Waals surface area contributed by atoms with Gasteiger partial charge in [-0.05, 0) is 12.5 Å². The van der Waals surface area contributed by atoms with Gasteiger partial charge in [0.25, 0.3) is 0 Å². The van der Waals surface area contributed by atoms with Gasteiger partial charge in [0.1, 0.15) is 0 Å². The lowest BCUT2D eigenvalue weighted by Gasteiger charge is -2.13. The molecule has 0 heterocycles. The van der Waals surface area contributed by atoms with Crippen molar-refractivity contribution >= 4 is 9.76 Å². The molecule has 68 valence electrons. The van der Waals surface area contributed by atoms with E-state index >= 15 is 0 Å². The molecule has 2 heteroatoms. The zero-order valence-corrected chi connectivity index (χ0v) is 9.64. The molecule has 0 unspecified atom stereocenters. The minimum Gasteiger partial charge on any atom is -0.424 e. The van der Waals surface area contributed by atoms with Crippen LogP contribution in [0.2, 0.25) is 5.54 Å². The third-order valence-corrected chi connectivity index (χ3v) is 3.88. The van der Waals surface area contributed by atoms with Crippen molar-refractivity contribution in [2.45, 2.75) is 52.0 Å². The molecule has 0 atom stereocenters. The Hall–Kier alpha value is 0.177. The third kappa shape index (κ3) is 6.57. The molecule has 0 aromatic carbocycles. The van der Waals surface area contributed by atoms with Gasteiger partial charge in [0, 0.05) is 6.61 Å². The second-order valence-corrected chi connectivity index (χ2v) is 5.00. The van der Waals surface area contributed by atoms with E-state index in [1.807, 2.05) is 0 Å². The van der Waals surface area contributed by atoms with Crippen LogP contribution in [0.1, 0.15) is 46.5 Å². The van der Waals surface area contributed by atoms with Crippen LogP contribution in [0.15, 0.2) is 0 Å². The number of rotatable bonds is 7. The summed E-state index contributed by atoms with van der Waals surface area (Å²) in [5, 5.41) is 0. The molecule has 0 aromatic heterocycles. The van der Waals surface area contributed by atoms with Crippen molar-refractivity contribution in [2.24, 2.45) is 0 Å². The summed E-state index contributed by atoms with van der Waals surface area (Å²) in [5.41, 5.74) is 0.949. The standard InChI is InChI=1S/C9H22OSi/c1-4-7-9(8-5-2)11-10-6-3/h9H,4-8,11H2,1-3H3. The van der Waals surface area contributed by atoms with Crippen molar-refractivity contribution in [3.63, 3.8) is 0 Å². The van der Waals surface area contributed by atoms with E-state index in [1.165, 1.54) is 25.7 Å². The van der Waals surface area contributed by atoms with E-state index in [-0.39, 0.29) is 9.76 Å². The second-order valence-electron chi connectivity index (χ2n) is 3.10. The maximum atomic E-state index is 5.54. The minimum atomic E-state index is -0.197. The van der Waals surface area contributed by atoms with E-state index in [4.69, 9.17) is 4.43 Å². The summed E-state index contributed by atoms with van der Waals surface area (Å²) in [7, 11) is -0.197. The first kappa shape index (κ1) is 11.2. The van der Waals surface area contributed by atoms with Crippen LogP contribution < -0.4 is 0 Å². The Bertz CT molecular complexity index is 70.0. The van der Waals surface area contributed by atoms with Crippen molar-refractivity contribution in [2.75, 3.05) is 6.61 Å². The first-order valence-corrected chi connectivity index (χ1v) is 6.32. The van der Waals surface area contributed by atoms with Gasteiger partial charge in [-0.25, -0.2) is 0 Å². The third-order valence-electron chi connectivity index (χ3n) is 1.95. The van der Waals surface area contributed by atoms with Gasteiger partial charge in [0.05, 0.1) is 0 Å². The van der Waals surface area contributed by atoms with E-state index in [1.54, 1.807) is 0 Å². The molecular formula is C9H22OSi. The van der Waals surface area contributed by atoms with E-state index in [9.17, 15) is 0 Å². The average molecular weight is 174 g/mol. The molecular weight excluding hydrogens is 152 g/mol. The van der Waals surface area contributed by atoms with E-state index < -0.39 is 0 Å². The molecule has 0 aliphatic carbocycles. The van der Waals surface area contributed by atoms with Crippen LogP contribution in [-0.2, 0) is 4.43 Å². The summed E-state index contributed by atoms with van der Waals surface area (Å²) in [6.07, 6.45) is 5.43. The van der Waals surface area contributed by atoms with Crippen LogP contribution in [0, 0.1) is 0 Å². The van der Waals surface area contributed by atoms with Crippen LogP contribution in [-0.4, -0.2) is 16.4 Å². The predicted molar refractivity (Wildman–Crippen MR) is 53.7 cm³/mol. The molecule has 0 rings (SSSR count). The maximum absolute atomic E-state index is 5.54. The zero-order chi connectivity index (χ0) is 8.53. The predicted octanol–water partition coefficient (Wildman–Crippen LogP) is 2.50. The van der Waals surface area contributed by atoms with Gasteiger partial charge in [-0.2, -0.15) is 0 Å². The fourth-order valence-electron chi connectivity index (χ4n) is 1.41. The largest absolute Gasteiger partial charge is 0.424 e. The molecule has 0 aliphatic rings. The van der Waals surface area contributed by atoms with Crippen molar-refractivity contribution in [3.05, 3.63) is 0 Å². The Morgan fingerprint density at radius 2 is 1.64 bits per heavy atom. The summed E-state index contributed by atoms with van der Waals surface area (Å²) in [6.45, 7) is 7.56. The summed E-state index contributed by atoms with van der Waals surface area (Å²) in [4.78, 5) is 0. The number of hydrogen-bond acceptors (Lipinski definition) is 1. The molecule has 0 bridgehead atoms. The van der Waals surface area contributed by atoms with Crippen LogP contribution in [0.3, 0.4) is 0 Å². The minimum absolute atomic E-state index is 0.197. The smallest absolute Gasteiger partial charge is 0.164 e. The Morgan fingerprint density at radius 3 is 2.00 bits per heavy atom. The molecule has 1 nitrogen and oxygen atoms in total. The molecule has 0 aliphatic heterocycles. The van der Waals surface area contributed by atoms with Gasteiger partial charge in [-0.15, -0.1) is 0 Å². The topological polar surface area (TPSA) is 9.23 Å². The zero-order valence-electron chi connectivity index (χ0n) is 8.23. The van der Waals surface area contributed by atoms with Crippen LogP contribution in [0.4, 0.5) is 0 Å². The molecule has 0 saturated carbocycles. The highest BCUT2D eigenvalue weighted by Gasteiger charge is 2.06. The normalized spacial score (nSPS) is 12.0. The van der Waals surface area contributed by atoms with Crippen molar-refractivity contribution in [1.82, 2.24) is 0 Å². The SMILES string of the molecule is CCCC(CCC)[SiH2]OCC. The van der Waals surface area contributed by atoms with Gasteiger partial charge in [-0.3, -0.25) is 0 Å². The molecule has 0 N–H and O–H groups in total. The molecule has 0 aromatic rings. The van der Waals surface area contributed by atoms with Gasteiger partial charge in [0.2, 0.25) is 0 Å². The van der Waals surface area contributed by atoms with Gasteiger partial charge in [0.15, 0.2) is 9.76 Å². The quantitative estimate of drug-likeness (QED) is 0.539. The van der Waals surface area contributed by atoms with Crippen LogP contribution in [0.25, 0.3) is 0 Å². The Balaban J connectivity index is 3.34. The van der Waals surface area contributed by atoms with Crippen LogP contribution >= 0.6 is 0 Å². The first-order valence-electron chi connectivity index (χ1n) is 4.92. The first-order chi connectivity index (χ1) is 5.35. The molecule has 0 amide bonds. The fraction of sp³-hybridized carbons (Fsp3) is 1.00. The Morgan fingerprint density at radius 1 is 1.09 bits per heavy atom. The van der Waals surface area contributed by atoms with E-state index in [2.05, 4.69) is 20.8 Å². The Labute approximate surface area is 73.5 Å². The Kier molecular flexibility index (Phi) is 8.41. The summed E-state index contributed by atoms with van der Waals surface area (Å²) in [6, 6.07) is 0. The maximum Gasteiger partial charge on any atom is 0.164 e. The molecule has 11 heavy (non-hydrogen) atoms. The summed E-state index contributed by atoms with van der Waals surface area (Å²) in [5.74, 6) is 0.